The minimum atomic E-state index is -0.904. The summed E-state index contributed by atoms with van der Waals surface area (Å²) in [4.78, 5) is 28.8. The van der Waals surface area contributed by atoms with E-state index in [1.54, 1.807) is 11.8 Å². The number of aromatic nitrogens is 1. The number of hydrogen-bond donors (Lipinski definition) is 3. The van der Waals surface area contributed by atoms with E-state index in [0.717, 1.165) is 33.3 Å². The molecule has 0 spiro atoms. The van der Waals surface area contributed by atoms with Crippen molar-refractivity contribution in [2.24, 2.45) is 0 Å². The van der Waals surface area contributed by atoms with Crippen LogP contribution in [0, 0.1) is 0 Å². The first-order valence-corrected chi connectivity index (χ1v) is 10.6. The van der Waals surface area contributed by atoms with Gasteiger partial charge in [0.15, 0.2) is 0 Å². The second kappa shape index (κ2) is 8.99. The van der Waals surface area contributed by atoms with Crippen LogP contribution in [0.4, 0.5) is 4.79 Å². The fourth-order valence-corrected chi connectivity index (χ4v) is 4.37. The molecule has 1 atom stereocenters. The van der Waals surface area contributed by atoms with Gasteiger partial charge in [0, 0.05) is 34.7 Å². The van der Waals surface area contributed by atoms with Crippen molar-refractivity contribution in [2.45, 2.75) is 25.9 Å². The van der Waals surface area contributed by atoms with E-state index in [1.807, 2.05) is 42.5 Å². The zero-order chi connectivity index (χ0) is 22.0. The average molecular weight is 442 g/mol. The second-order valence-electron chi connectivity index (χ2n) is 7.49. The van der Waals surface area contributed by atoms with E-state index in [0.29, 0.717) is 31.1 Å². The smallest absolute Gasteiger partial charge is 0.410 e. The lowest BCUT2D eigenvalue weighted by molar-refractivity contribution is -0.136. The maximum atomic E-state index is 12.8. The lowest BCUT2D eigenvalue weighted by atomic mass is 9.92. The van der Waals surface area contributed by atoms with Crippen molar-refractivity contribution in [2.75, 3.05) is 19.7 Å². The van der Waals surface area contributed by atoms with E-state index in [4.69, 9.17) is 21.4 Å². The molecular weight excluding hydrogens is 418 g/mol. The fraction of sp³-hybridized carbons (Fsp3) is 0.304. The van der Waals surface area contributed by atoms with E-state index < -0.39 is 5.97 Å². The number of ether oxygens (including phenoxy) is 1. The van der Waals surface area contributed by atoms with Crippen LogP contribution in [0.3, 0.4) is 0 Å². The summed E-state index contributed by atoms with van der Waals surface area (Å²) in [5, 5.41) is 13.5. The number of amides is 1. The van der Waals surface area contributed by atoms with Gasteiger partial charge in [-0.1, -0.05) is 35.9 Å². The molecule has 3 N–H and O–H groups in total. The van der Waals surface area contributed by atoms with Gasteiger partial charge in [-0.25, -0.2) is 4.79 Å². The predicted molar refractivity (Wildman–Crippen MR) is 118 cm³/mol. The molecule has 31 heavy (non-hydrogen) atoms. The Bertz CT molecular complexity index is 1130. The third-order valence-corrected chi connectivity index (χ3v) is 5.70. The van der Waals surface area contributed by atoms with Crippen LogP contribution in [0.1, 0.15) is 35.3 Å². The number of carboxylic acid groups (broad SMARTS) is 1. The van der Waals surface area contributed by atoms with Gasteiger partial charge in [0.2, 0.25) is 0 Å². The number of nitrogens with zero attached hydrogens (tertiary/aromatic N) is 1. The summed E-state index contributed by atoms with van der Waals surface area (Å²) in [5.74, 6) is -0.904. The number of H-pyrrole nitrogens is 1. The average Bonchev–Trinajstić information content (AvgIpc) is 3.11. The fourth-order valence-electron chi connectivity index (χ4n) is 4.20. The van der Waals surface area contributed by atoms with E-state index in [9.17, 15) is 9.59 Å². The van der Waals surface area contributed by atoms with E-state index >= 15 is 0 Å². The summed E-state index contributed by atoms with van der Waals surface area (Å²) >= 11 is 6.24. The van der Waals surface area contributed by atoms with E-state index in [2.05, 4.69) is 10.3 Å². The Labute approximate surface area is 185 Å². The van der Waals surface area contributed by atoms with Gasteiger partial charge in [-0.2, -0.15) is 0 Å². The summed E-state index contributed by atoms with van der Waals surface area (Å²) in [6.45, 7) is 2.92. The molecule has 1 amide bonds. The number of aromatic amines is 1. The van der Waals surface area contributed by atoms with Gasteiger partial charge in [0.05, 0.1) is 13.2 Å². The molecule has 4 rings (SSSR count). The third kappa shape index (κ3) is 4.38. The van der Waals surface area contributed by atoms with Crippen LogP contribution in [0.15, 0.2) is 42.5 Å². The molecule has 0 bridgehead atoms. The van der Waals surface area contributed by atoms with Crippen molar-refractivity contribution < 1.29 is 19.4 Å². The normalized spacial score (nSPS) is 15.7. The molecule has 1 unspecified atom stereocenters. The second-order valence-corrected chi connectivity index (χ2v) is 7.93. The van der Waals surface area contributed by atoms with Gasteiger partial charge in [-0.3, -0.25) is 9.69 Å². The molecule has 8 heteroatoms. The van der Waals surface area contributed by atoms with E-state index in [-0.39, 0.29) is 18.7 Å². The van der Waals surface area contributed by atoms with Gasteiger partial charge in [0.25, 0.3) is 0 Å². The standard InChI is InChI=1S/C23H24ClN3O4/c1-2-31-23(30)27-9-8-17-18-11-16(24)6-7-19(18)26-21(17)22(27)15-5-3-4-14(10-15)12-25-13-20(28)29/h3-7,10-11,22,25-26H,2,8-9,12-13H2,1H3,(H,28,29). The lowest BCUT2D eigenvalue weighted by Gasteiger charge is -2.35. The van der Waals surface area contributed by atoms with Gasteiger partial charge in [0.1, 0.15) is 6.04 Å². The Hall–Kier alpha value is -3.03. The molecule has 7 nitrogen and oxygen atoms in total. The Morgan fingerprint density at radius 3 is 2.90 bits per heavy atom. The highest BCUT2D eigenvalue weighted by atomic mass is 35.5. The van der Waals surface area contributed by atoms with Crippen LogP contribution < -0.4 is 5.32 Å². The summed E-state index contributed by atoms with van der Waals surface area (Å²) in [5.41, 5.74) is 4.95. The molecule has 2 heterocycles. The first kappa shape index (κ1) is 21.2. The van der Waals surface area contributed by atoms with Gasteiger partial charge in [-0.15, -0.1) is 0 Å². The highest BCUT2D eigenvalue weighted by molar-refractivity contribution is 6.31. The number of carbonyl (C=O) groups excluding carboxylic acids is 1. The Balaban J connectivity index is 1.76. The SMILES string of the molecule is CCOC(=O)N1CCc2c([nH]c3ccc(Cl)cc23)C1c1cccc(CNCC(=O)O)c1. The zero-order valence-corrected chi connectivity index (χ0v) is 17.9. The van der Waals surface area contributed by atoms with Crippen molar-refractivity contribution in [1.82, 2.24) is 15.2 Å². The number of benzene rings is 2. The maximum Gasteiger partial charge on any atom is 0.410 e. The first-order valence-electron chi connectivity index (χ1n) is 10.2. The van der Waals surface area contributed by atoms with Crippen LogP contribution in [0.5, 0.6) is 0 Å². The summed E-state index contributed by atoms with van der Waals surface area (Å²) in [7, 11) is 0. The van der Waals surface area contributed by atoms with Crippen LogP contribution in [0.25, 0.3) is 10.9 Å². The first-order chi connectivity index (χ1) is 15.0. The molecule has 0 fully saturated rings. The summed E-state index contributed by atoms with van der Waals surface area (Å²) in [6.07, 6.45) is 0.342. The molecule has 0 aliphatic carbocycles. The molecule has 0 saturated carbocycles. The third-order valence-electron chi connectivity index (χ3n) is 5.46. The van der Waals surface area contributed by atoms with Crippen molar-refractivity contribution in [3.63, 3.8) is 0 Å². The molecule has 1 aromatic heterocycles. The number of hydrogen-bond acceptors (Lipinski definition) is 4. The summed E-state index contributed by atoms with van der Waals surface area (Å²) < 4.78 is 5.34. The quantitative estimate of drug-likeness (QED) is 0.535. The molecule has 0 saturated heterocycles. The van der Waals surface area contributed by atoms with Crippen molar-refractivity contribution >= 4 is 34.6 Å². The van der Waals surface area contributed by atoms with Crippen LogP contribution in [-0.4, -0.2) is 46.7 Å². The number of carboxylic acids is 1. The lowest BCUT2D eigenvalue weighted by Crippen LogP contribution is -2.41. The van der Waals surface area contributed by atoms with Gasteiger partial charge < -0.3 is 20.1 Å². The number of aliphatic carboxylic acids is 1. The number of carbonyl (C=O) groups is 2. The zero-order valence-electron chi connectivity index (χ0n) is 17.2. The van der Waals surface area contributed by atoms with Crippen molar-refractivity contribution in [1.29, 1.82) is 0 Å². The van der Waals surface area contributed by atoms with Gasteiger partial charge in [-0.05, 0) is 48.2 Å². The number of fused-ring (bicyclic) bond motifs is 3. The van der Waals surface area contributed by atoms with Crippen LogP contribution in [-0.2, 0) is 22.5 Å². The summed E-state index contributed by atoms with van der Waals surface area (Å²) in [6, 6.07) is 13.2. The number of halogens is 1. The van der Waals surface area contributed by atoms with Crippen LogP contribution in [0.2, 0.25) is 5.02 Å². The van der Waals surface area contributed by atoms with Crippen LogP contribution >= 0.6 is 11.6 Å². The monoisotopic (exact) mass is 441 g/mol. The van der Waals surface area contributed by atoms with Crippen molar-refractivity contribution in [3.05, 3.63) is 69.9 Å². The van der Waals surface area contributed by atoms with Crippen molar-refractivity contribution in [3.8, 4) is 0 Å². The Kier molecular flexibility index (Phi) is 6.15. The van der Waals surface area contributed by atoms with Gasteiger partial charge >= 0.3 is 12.1 Å². The Morgan fingerprint density at radius 1 is 1.29 bits per heavy atom. The van der Waals surface area contributed by atoms with E-state index in [1.165, 1.54) is 0 Å². The molecular formula is C23H24ClN3O4. The molecule has 1 aliphatic heterocycles. The Morgan fingerprint density at radius 2 is 2.13 bits per heavy atom. The number of nitrogens with one attached hydrogen (secondary N) is 2. The molecule has 162 valence electrons. The topological polar surface area (TPSA) is 94.7 Å². The minimum absolute atomic E-state index is 0.116. The molecule has 2 aromatic carbocycles. The highest BCUT2D eigenvalue weighted by Gasteiger charge is 2.35. The molecule has 3 aromatic rings. The molecule has 0 radical (unpaired) electrons. The molecule has 1 aliphatic rings. The number of rotatable bonds is 6. The minimum Gasteiger partial charge on any atom is -0.480 e. The maximum absolute atomic E-state index is 12.8. The largest absolute Gasteiger partial charge is 0.480 e. The predicted octanol–water partition coefficient (Wildman–Crippen LogP) is 4.10. The highest BCUT2D eigenvalue weighted by Crippen LogP contribution is 2.39.